The van der Waals surface area contributed by atoms with E-state index in [-0.39, 0.29) is 0 Å². The van der Waals surface area contributed by atoms with Gasteiger partial charge in [0, 0.05) is 11.5 Å². The van der Waals surface area contributed by atoms with Crippen molar-refractivity contribution in [3.8, 4) is 0 Å². The van der Waals surface area contributed by atoms with Crippen molar-refractivity contribution in [3.63, 3.8) is 0 Å². The molecule has 140 valence electrons. The van der Waals surface area contributed by atoms with Gasteiger partial charge in [-0.15, -0.1) is 0 Å². The summed E-state index contributed by atoms with van der Waals surface area (Å²) in [5.41, 5.74) is -0.996. The maximum atomic E-state index is 14.3. The maximum Gasteiger partial charge on any atom is 0.495 e. The molecular weight excluding hydrogens is 338 g/mol. The van der Waals surface area contributed by atoms with E-state index in [9.17, 15) is 9.18 Å². The van der Waals surface area contributed by atoms with Gasteiger partial charge in [-0.25, -0.2) is 9.18 Å². The molecule has 26 heavy (non-hydrogen) atoms. The standard InChI is InChI=1S/C18H24BFN2O4/c1-16(2,3)24-15(23)22-14-9-11(20)8-13(12(14)10-21-22)19-25-17(4,5)18(6,7)26-19/h8-10H,1-7H3. The fourth-order valence-electron chi connectivity index (χ4n) is 2.73. The topological polar surface area (TPSA) is 62.6 Å². The number of rotatable bonds is 1. The monoisotopic (exact) mass is 362 g/mol. The first kappa shape index (κ1) is 18.9. The van der Waals surface area contributed by atoms with Crippen LogP contribution in [-0.2, 0) is 14.0 Å². The van der Waals surface area contributed by atoms with Crippen LogP contribution in [0.5, 0.6) is 0 Å². The van der Waals surface area contributed by atoms with Gasteiger partial charge in [0.1, 0.15) is 11.4 Å². The molecule has 0 N–H and O–H groups in total. The van der Waals surface area contributed by atoms with Gasteiger partial charge in [-0.2, -0.15) is 9.78 Å². The lowest BCUT2D eigenvalue weighted by Gasteiger charge is -2.32. The van der Waals surface area contributed by atoms with Gasteiger partial charge in [0.05, 0.1) is 22.9 Å². The highest BCUT2D eigenvalue weighted by atomic mass is 19.1. The Balaban J connectivity index is 2.06. The van der Waals surface area contributed by atoms with Crippen LogP contribution < -0.4 is 5.46 Å². The number of halogens is 1. The second kappa shape index (κ2) is 5.79. The van der Waals surface area contributed by atoms with Crippen LogP contribution in [0, 0.1) is 5.82 Å². The molecule has 1 aliphatic heterocycles. The van der Waals surface area contributed by atoms with Gasteiger partial charge >= 0.3 is 13.2 Å². The molecule has 3 rings (SSSR count). The molecule has 0 saturated carbocycles. The van der Waals surface area contributed by atoms with Crippen LogP contribution in [0.25, 0.3) is 10.9 Å². The van der Waals surface area contributed by atoms with E-state index < -0.39 is 35.8 Å². The minimum atomic E-state index is -0.755. The molecule has 0 radical (unpaired) electrons. The number of ether oxygens (including phenoxy) is 1. The molecule has 0 atom stereocenters. The zero-order valence-corrected chi connectivity index (χ0v) is 16.2. The summed E-state index contributed by atoms with van der Waals surface area (Å²) in [6, 6.07) is 2.60. The van der Waals surface area contributed by atoms with Crippen LogP contribution in [0.2, 0.25) is 0 Å². The van der Waals surface area contributed by atoms with Crippen LogP contribution in [0.1, 0.15) is 48.5 Å². The van der Waals surface area contributed by atoms with Crippen molar-refractivity contribution in [1.29, 1.82) is 0 Å². The molecule has 1 aromatic heterocycles. The van der Waals surface area contributed by atoms with Crippen molar-refractivity contribution in [3.05, 3.63) is 24.1 Å². The summed E-state index contributed by atoms with van der Waals surface area (Å²) in [5, 5.41) is 4.67. The molecule has 0 spiro atoms. The number of hydrogen-bond acceptors (Lipinski definition) is 5. The first-order valence-electron chi connectivity index (χ1n) is 8.57. The number of carbonyl (C=O) groups excluding carboxylic acids is 1. The summed E-state index contributed by atoms with van der Waals surface area (Å²) in [6.45, 7) is 13.0. The Labute approximate surface area is 152 Å². The highest BCUT2D eigenvalue weighted by molar-refractivity contribution is 6.65. The van der Waals surface area contributed by atoms with E-state index in [1.54, 1.807) is 20.8 Å². The quantitative estimate of drug-likeness (QED) is 0.729. The minimum absolute atomic E-state index is 0.309. The van der Waals surface area contributed by atoms with Gasteiger partial charge in [-0.1, -0.05) is 0 Å². The lowest BCUT2D eigenvalue weighted by molar-refractivity contribution is 0.00578. The van der Waals surface area contributed by atoms with E-state index in [1.807, 2.05) is 27.7 Å². The number of fused-ring (bicyclic) bond motifs is 1. The zero-order chi connectivity index (χ0) is 19.5. The largest absolute Gasteiger partial charge is 0.495 e. The van der Waals surface area contributed by atoms with Crippen molar-refractivity contribution in [2.45, 2.75) is 65.3 Å². The smallest absolute Gasteiger partial charge is 0.442 e. The van der Waals surface area contributed by atoms with E-state index >= 15 is 0 Å². The third-order valence-corrected chi connectivity index (χ3v) is 4.76. The van der Waals surface area contributed by atoms with Crippen LogP contribution in [0.15, 0.2) is 18.3 Å². The number of aromatic nitrogens is 2. The molecule has 0 unspecified atom stereocenters. The Morgan fingerprint density at radius 3 is 2.31 bits per heavy atom. The molecule has 0 amide bonds. The zero-order valence-electron chi connectivity index (χ0n) is 16.2. The predicted molar refractivity (Wildman–Crippen MR) is 97.0 cm³/mol. The third kappa shape index (κ3) is 3.23. The highest BCUT2D eigenvalue weighted by Crippen LogP contribution is 2.37. The van der Waals surface area contributed by atoms with Gasteiger partial charge in [-0.05, 0) is 60.0 Å². The van der Waals surface area contributed by atoms with Gasteiger partial charge < -0.3 is 14.0 Å². The first-order valence-corrected chi connectivity index (χ1v) is 8.57. The Hall–Kier alpha value is -1.93. The fourth-order valence-corrected chi connectivity index (χ4v) is 2.73. The second-order valence-electron chi connectivity index (χ2n) is 8.55. The van der Waals surface area contributed by atoms with Crippen molar-refractivity contribution in [2.75, 3.05) is 0 Å². The summed E-state index contributed by atoms with van der Waals surface area (Å²) in [7, 11) is -0.755. The number of benzene rings is 1. The molecule has 8 heteroatoms. The molecule has 1 aliphatic rings. The van der Waals surface area contributed by atoms with Crippen LogP contribution in [0.3, 0.4) is 0 Å². The molecule has 2 heterocycles. The van der Waals surface area contributed by atoms with Crippen LogP contribution >= 0.6 is 0 Å². The normalized spacial score (nSPS) is 19.2. The number of carbonyl (C=O) groups is 1. The second-order valence-corrected chi connectivity index (χ2v) is 8.55. The highest BCUT2D eigenvalue weighted by Gasteiger charge is 2.52. The minimum Gasteiger partial charge on any atom is -0.442 e. The average Bonchev–Trinajstić information content (AvgIpc) is 2.95. The average molecular weight is 362 g/mol. The molecule has 0 bridgehead atoms. The molecule has 1 fully saturated rings. The van der Waals surface area contributed by atoms with E-state index in [0.29, 0.717) is 16.4 Å². The van der Waals surface area contributed by atoms with E-state index in [4.69, 9.17) is 14.0 Å². The number of nitrogens with zero attached hydrogens (tertiary/aromatic N) is 2. The predicted octanol–water partition coefficient (Wildman–Crippen LogP) is 3.26. The lowest BCUT2D eigenvalue weighted by atomic mass is 9.77. The SMILES string of the molecule is CC(C)(C)OC(=O)n1ncc2c(B3OC(C)(C)C(C)(C)O3)cc(F)cc21. The molecule has 1 aromatic carbocycles. The van der Waals surface area contributed by atoms with E-state index in [2.05, 4.69) is 5.10 Å². The van der Waals surface area contributed by atoms with Crippen LogP contribution in [-0.4, -0.2) is 39.8 Å². The van der Waals surface area contributed by atoms with E-state index in [1.165, 1.54) is 18.3 Å². The van der Waals surface area contributed by atoms with Crippen molar-refractivity contribution in [2.24, 2.45) is 0 Å². The number of hydrogen-bond donors (Lipinski definition) is 0. The van der Waals surface area contributed by atoms with Crippen molar-refractivity contribution >= 4 is 29.6 Å². The van der Waals surface area contributed by atoms with Crippen molar-refractivity contribution < 1.29 is 23.2 Å². The Morgan fingerprint density at radius 1 is 1.19 bits per heavy atom. The van der Waals surface area contributed by atoms with Gasteiger partial charge in [0.25, 0.3) is 0 Å². The Morgan fingerprint density at radius 2 is 1.77 bits per heavy atom. The van der Waals surface area contributed by atoms with Gasteiger partial charge in [0.15, 0.2) is 0 Å². The summed E-state index contributed by atoms with van der Waals surface area (Å²) in [4.78, 5) is 12.4. The fraction of sp³-hybridized carbons (Fsp3) is 0.556. The Bertz CT molecular complexity index is 854. The summed E-state index contributed by atoms with van der Waals surface area (Å²) in [6.07, 6.45) is 0.831. The summed E-state index contributed by atoms with van der Waals surface area (Å²) < 4.78 is 32.7. The summed E-state index contributed by atoms with van der Waals surface area (Å²) in [5.74, 6) is -0.507. The molecular formula is C18H24BFN2O4. The maximum absolute atomic E-state index is 14.3. The van der Waals surface area contributed by atoms with Crippen molar-refractivity contribution in [1.82, 2.24) is 9.78 Å². The molecule has 1 saturated heterocycles. The molecule has 0 aliphatic carbocycles. The molecule has 2 aromatic rings. The first-order chi connectivity index (χ1) is 11.8. The lowest BCUT2D eigenvalue weighted by Crippen LogP contribution is -2.41. The van der Waals surface area contributed by atoms with Crippen LogP contribution in [0.4, 0.5) is 9.18 Å². The third-order valence-electron chi connectivity index (χ3n) is 4.76. The van der Waals surface area contributed by atoms with Gasteiger partial charge in [-0.3, -0.25) is 0 Å². The van der Waals surface area contributed by atoms with E-state index in [0.717, 1.165) is 4.68 Å². The van der Waals surface area contributed by atoms with Gasteiger partial charge in [0.2, 0.25) is 0 Å². The Kier molecular flexibility index (Phi) is 4.20. The molecule has 6 nitrogen and oxygen atoms in total. The summed E-state index contributed by atoms with van der Waals surface area (Å²) >= 11 is 0.